The van der Waals surface area contributed by atoms with Crippen LogP contribution >= 0.6 is 0 Å². The molecule has 1 amide bonds. The molecule has 148 valence electrons. The quantitative estimate of drug-likeness (QED) is 0.654. The van der Waals surface area contributed by atoms with E-state index < -0.39 is 12.8 Å². The minimum Gasteiger partial charge on any atom is -0.493 e. The number of methoxy groups -OCH3 is 1. The van der Waals surface area contributed by atoms with Crippen molar-refractivity contribution in [2.24, 2.45) is 0 Å². The molecule has 5 nitrogen and oxygen atoms in total. The molecular formula is C22H18F2N2O3. The number of hydrogen-bond acceptors (Lipinski definition) is 4. The molecule has 0 spiro atoms. The number of carbonyl (C=O) groups excluding carboxylic acids is 1. The van der Waals surface area contributed by atoms with Crippen molar-refractivity contribution in [3.63, 3.8) is 0 Å². The second-order valence-corrected chi connectivity index (χ2v) is 6.39. The van der Waals surface area contributed by atoms with Crippen LogP contribution in [0, 0.1) is 0 Å². The van der Waals surface area contributed by atoms with E-state index >= 15 is 0 Å². The third-order valence-corrected chi connectivity index (χ3v) is 4.68. The lowest BCUT2D eigenvalue weighted by Gasteiger charge is -2.38. The topological polar surface area (TPSA) is 50.8 Å². The minimum absolute atomic E-state index is 0.0694. The maximum Gasteiger partial charge on any atom is 0.387 e. The predicted molar refractivity (Wildman–Crippen MR) is 106 cm³/mol. The molecule has 0 aliphatic carbocycles. The standard InChI is InChI=1S/C22H18F2N2O3/c1-28-19-13-14(11-12-18(19)29-22(23)24)20-25-17-10-6-5-9-16(17)21(27)26(20)15-7-3-2-4-8-15/h2-13,20,22,25H,1H3/t20-/m0/s1. The third kappa shape index (κ3) is 3.59. The molecule has 4 rings (SSSR count). The van der Waals surface area contributed by atoms with Crippen molar-refractivity contribution >= 4 is 17.3 Å². The molecule has 1 heterocycles. The largest absolute Gasteiger partial charge is 0.493 e. The average Bonchev–Trinajstić information content (AvgIpc) is 2.74. The Kier molecular flexibility index (Phi) is 5.03. The maximum atomic E-state index is 13.3. The highest BCUT2D eigenvalue weighted by atomic mass is 19.3. The van der Waals surface area contributed by atoms with Crippen LogP contribution in [0.2, 0.25) is 0 Å². The number of nitrogens with zero attached hydrogens (tertiary/aromatic N) is 1. The van der Waals surface area contributed by atoms with Gasteiger partial charge < -0.3 is 14.8 Å². The first-order valence-corrected chi connectivity index (χ1v) is 8.95. The van der Waals surface area contributed by atoms with Gasteiger partial charge >= 0.3 is 6.61 Å². The number of alkyl halides is 2. The molecule has 3 aromatic carbocycles. The molecule has 7 heteroatoms. The minimum atomic E-state index is -2.96. The molecular weight excluding hydrogens is 378 g/mol. The fourth-order valence-corrected chi connectivity index (χ4v) is 3.39. The van der Waals surface area contributed by atoms with Crippen LogP contribution in [0.25, 0.3) is 0 Å². The van der Waals surface area contributed by atoms with E-state index in [2.05, 4.69) is 10.1 Å². The number of amides is 1. The molecule has 0 saturated heterocycles. The Bertz CT molecular complexity index is 1030. The molecule has 0 saturated carbocycles. The number of nitrogens with one attached hydrogen (secondary N) is 1. The third-order valence-electron chi connectivity index (χ3n) is 4.68. The zero-order chi connectivity index (χ0) is 20.4. The lowest BCUT2D eigenvalue weighted by atomic mass is 10.0. The van der Waals surface area contributed by atoms with Gasteiger partial charge in [0.25, 0.3) is 5.91 Å². The summed E-state index contributed by atoms with van der Waals surface area (Å²) in [6.45, 7) is -2.96. The first-order valence-electron chi connectivity index (χ1n) is 8.95. The summed E-state index contributed by atoms with van der Waals surface area (Å²) in [5.41, 5.74) is 2.62. The predicted octanol–water partition coefficient (Wildman–Crippen LogP) is 5.07. The summed E-state index contributed by atoms with van der Waals surface area (Å²) in [6, 6.07) is 21.1. The lowest BCUT2D eigenvalue weighted by molar-refractivity contribution is -0.0512. The van der Waals surface area contributed by atoms with Crippen molar-refractivity contribution in [2.75, 3.05) is 17.3 Å². The highest BCUT2D eigenvalue weighted by molar-refractivity contribution is 6.12. The van der Waals surface area contributed by atoms with E-state index in [1.807, 2.05) is 42.5 Å². The molecule has 1 atom stereocenters. The molecule has 1 aliphatic heterocycles. The number of ether oxygens (including phenoxy) is 2. The summed E-state index contributed by atoms with van der Waals surface area (Å²) in [5, 5.41) is 3.36. The number of para-hydroxylation sites is 2. The summed E-state index contributed by atoms with van der Waals surface area (Å²) in [6.07, 6.45) is -0.561. The monoisotopic (exact) mass is 396 g/mol. The van der Waals surface area contributed by atoms with Gasteiger partial charge in [0.15, 0.2) is 11.5 Å². The number of benzene rings is 3. The highest BCUT2D eigenvalue weighted by Gasteiger charge is 2.34. The number of anilines is 2. The van der Waals surface area contributed by atoms with Crippen molar-refractivity contribution in [3.05, 3.63) is 83.9 Å². The molecule has 3 aromatic rings. The molecule has 1 aliphatic rings. The number of halogens is 2. The second kappa shape index (κ2) is 7.79. The molecule has 0 radical (unpaired) electrons. The zero-order valence-electron chi connectivity index (χ0n) is 15.5. The SMILES string of the molecule is COc1cc([C@H]2Nc3ccccc3C(=O)N2c2ccccc2)ccc1OC(F)F. The van der Waals surface area contributed by atoms with Crippen molar-refractivity contribution in [3.8, 4) is 11.5 Å². The van der Waals surface area contributed by atoms with Crippen LogP contribution in [0.5, 0.6) is 11.5 Å². The van der Waals surface area contributed by atoms with E-state index in [-0.39, 0.29) is 17.4 Å². The van der Waals surface area contributed by atoms with Gasteiger partial charge in [0.2, 0.25) is 0 Å². The molecule has 0 unspecified atom stereocenters. The van der Waals surface area contributed by atoms with E-state index in [1.165, 1.54) is 13.2 Å². The van der Waals surface area contributed by atoms with Gasteiger partial charge in [-0.05, 0) is 42.0 Å². The molecule has 0 bridgehead atoms. The Balaban J connectivity index is 1.81. The molecule has 29 heavy (non-hydrogen) atoms. The van der Waals surface area contributed by atoms with E-state index in [0.717, 1.165) is 0 Å². The van der Waals surface area contributed by atoms with Crippen LogP contribution in [-0.4, -0.2) is 19.6 Å². The van der Waals surface area contributed by atoms with Crippen LogP contribution in [-0.2, 0) is 0 Å². The van der Waals surface area contributed by atoms with Gasteiger partial charge in [-0.1, -0.05) is 36.4 Å². The first kappa shape index (κ1) is 18.7. The fraction of sp³-hybridized carbons (Fsp3) is 0.136. The molecule has 1 N–H and O–H groups in total. The Morgan fingerprint density at radius 1 is 0.966 bits per heavy atom. The van der Waals surface area contributed by atoms with Gasteiger partial charge in [0.05, 0.1) is 12.7 Å². The van der Waals surface area contributed by atoms with Crippen molar-refractivity contribution < 1.29 is 23.0 Å². The van der Waals surface area contributed by atoms with E-state index in [4.69, 9.17) is 4.74 Å². The normalized spacial score (nSPS) is 15.7. The van der Waals surface area contributed by atoms with E-state index in [1.54, 1.807) is 29.2 Å². The summed E-state index contributed by atoms with van der Waals surface area (Å²) < 4.78 is 35.0. The van der Waals surface area contributed by atoms with Crippen molar-refractivity contribution in [1.29, 1.82) is 0 Å². The maximum absolute atomic E-state index is 13.3. The number of rotatable bonds is 5. The Morgan fingerprint density at radius 2 is 1.69 bits per heavy atom. The van der Waals surface area contributed by atoms with Crippen LogP contribution in [0.1, 0.15) is 22.1 Å². The van der Waals surface area contributed by atoms with Crippen LogP contribution < -0.4 is 19.7 Å². The average molecular weight is 396 g/mol. The molecule has 0 fully saturated rings. The summed E-state index contributed by atoms with van der Waals surface area (Å²) in [7, 11) is 1.38. The number of carbonyl (C=O) groups is 1. The Labute approximate surface area is 166 Å². The van der Waals surface area contributed by atoms with Gasteiger partial charge in [0, 0.05) is 11.4 Å². The highest BCUT2D eigenvalue weighted by Crippen LogP contribution is 2.39. The van der Waals surface area contributed by atoms with E-state index in [9.17, 15) is 13.6 Å². The van der Waals surface area contributed by atoms with Crippen LogP contribution in [0.3, 0.4) is 0 Å². The second-order valence-electron chi connectivity index (χ2n) is 6.39. The molecule has 0 aromatic heterocycles. The zero-order valence-corrected chi connectivity index (χ0v) is 15.5. The fourth-order valence-electron chi connectivity index (χ4n) is 3.39. The summed E-state index contributed by atoms with van der Waals surface area (Å²) >= 11 is 0. The van der Waals surface area contributed by atoms with E-state index in [0.29, 0.717) is 22.5 Å². The summed E-state index contributed by atoms with van der Waals surface area (Å²) in [5.74, 6) is -0.0774. The van der Waals surface area contributed by atoms with Gasteiger partial charge in [-0.3, -0.25) is 9.69 Å². The Hall–Kier alpha value is -3.61. The van der Waals surface area contributed by atoms with Gasteiger partial charge in [-0.2, -0.15) is 8.78 Å². The van der Waals surface area contributed by atoms with Gasteiger partial charge in [0.1, 0.15) is 6.17 Å². The van der Waals surface area contributed by atoms with Crippen molar-refractivity contribution in [1.82, 2.24) is 0 Å². The number of fused-ring (bicyclic) bond motifs is 1. The van der Waals surface area contributed by atoms with Crippen molar-refractivity contribution in [2.45, 2.75) is 12.8 Å². The number of hydrogen-bond donors (Lipinski definition) is 1. The van der Waals surface area contributed by atoms with Gasteiger partial charge in [-0.15, -0.1) is 0 Å². The smallest absolute Gasteiger partial charge is 0.387 e. The van der Waals surface area contributed by atoms with Gasteiger partial charge in [-0.25, -0.2) is 0 Å². The first-order chi connectivity index (χ1) is 14.1. The van der Waals surface area contributed by atoms with Crippen LogP contribution in [0.15, 0.2) is 72.8 Å². The lowest BCUT2D eigenvalue weighted by Crippen LogP contribution is -2.43. The van der Waals surface area contributed by atoms with Crippen LogP contribution in [0.4, 0.5) is 20.2 Å². The summed E-state index contributed by atoms with van der Waals surface area (Å²) in [4.78, 5) is 14.9. The Morgan fingerprint density at radius 3 is 2.41 bits per heavy atom.